The van der Waals surface area contributed by atoms with Gasteiger partial charge in [0.1, 0.15) is 18.1 Å². The zero-order chi connectivity index (χ0) is 34.0. The van der Waals surface area contributed by atoms with Gasteiger partial charge < -0.3 is 34.7 Å². The number of hydrogen-bond donors (Lipinski definition) is 3. The number of carboxylic acid groups (broad SMARTS) is 1. The molecular formula is C35H43FN2O8. The van der Waals surface area contributed by atoms with Crippen LogP contribution in [0.3, 0.4) is 0 Å². The van der Waals surface area contributed by atoms with Gasteiger partial charge in [-0.2, -0.15) is 0 Å². The molecule has 0 spiro atoms. The molecule has 248 valence electrons. The number of benzene rings is 3. The topological polar surface area (TPSA) is 132 Å². The van der Waals surface area contributed by atoms with Crippen molar-refractivity contribution in [3.63, 3.8) is 0 Å². The lowest BCUT2D eigenvalue weighted by atomic mass is 10.1. The summed E-state index contributed by atoms with van der Waals surface area (Å²) in [6.07, 6.45) is 0. The number of carbonyl (C=O) groups excluding carboxylic acids is 2. The second-order valence-electron chi connectivity index (χ2n) is 12.5. The molecule has 0 saturated carbocycles. The summed E-state index contributed by atoms with van der Waals surface area (Å²) in [4.78, 5) is 38.0. The molecule has 3 aromatic carbocycles. The Balaban J connectivity index is 1.81. The summed E-state index contributed by atoms with van der Waals surface area (Å²) in [5.41, 5.74) is 0.646. The maximum Gasteiger partial charge on any atom is 0.335 e. The molecule has 0 fully saturated rings. The van der Waals surface area contributed by atoms with E-state index in [-0.39, 0.29) is 64.6 Å². The number of carbonyl (C=O) groups is 3. The molecule has 46 heavy (non-hydrogen) atoms. The van der Waals surface area contributed by atoms with Crippen molar-refractivity contribution in [2.75, 3.05) is 37.1 Å². The predicted octanol–water partition coefficient (Wildman–Crippen LogP) is 7.29. The molecule has 0 radical (unpaired) electrons. The van der Waals surface area contributed by atoms with Gasteiger partial charge in [0.05, 0.1) is 42.4 Å². The molecule has 0 aliphatic rings. The second kappa shape index (κ2) is 16.1. The van der Waals surface area contributed by atoms with Crippen LogP contribution in [0.15, 0.2) is 54.6 Å². The Labute approximate surface area is 269 Å². The van der Waals surface area contributed by atoms with E-state index in [1.54, 1.807) is 0 Å². The predicted molar refractivity (Wildman–Crippen MR) is 174 cm³/mol. The number of hydrogen-bond acceptors (Lipinski definition) is 7. The van der Waals surface area contributed by atoms with E-state index >= 15 is 0 Å². The van der Waals surface area contributed by atoms with E-state index in [0.29, 0.717) is 24.6 Å². The van der Waals surface area contributed by atoms with E-state index in [4.69, 9.17) is 18.9 Å². The third kappa shape index (κ3) is 11.1. The number of carboxylic acids is 1. The van der Waals surface area contributed by atoms with Crippen LogP contribution in [0.2, 0.25) is 0 Å². The van der Waals surface area contributed by atoms with Gasteiger partial charge in [-0.1, -0.05) is 27.7 Å². The highest BCUT2D eigenvalue weighted by molar-refractivity contribution is 6.08. The van der Waals surface area contributed by atoms with Gasteiger partial charge in [0, 0.05) is 11.1 Å². The molecule has 0 atom stereocenters. The van der Waals surface area contributed by atoms with E-state index < -0.39 is 23.6 Å². The molecule has 0 heterocycles. The lowest BCUT2D eigenvalue weighted by molar-refractivity contribution is -0.0166. The standard InChI is InChI=1S/C35H43FN2O8/c1-21(2)19-44-30-17-24(33(40)38-28-13-10-25(34(41)42)18-31(28)45-20-22(3)4)9-12-27(30)37-32(39)23-8-11-26(36)29(16-23)43-14-15-46-35(5,6)7/h8-13,16-18,21-22H,14-15,19-20H2,1-7H3,(H,37,39)(H,38,40)(H,41,42). The highest BCUT2D eigenvalue weighted by Crippen LogP contribution is 2.31. The van der Waals surface area contributed by atoms with Crippen LogP contribution >= 0.6 is 0 Å². The Morgan fingerprint density at radius 3 is 1.63 bits per heavy atom. The van der Waals surface area contributed by atoms with Crippen LogP contribution in [-0.2, 0) is 4.74 Å². The van der Waals surface area contributed by atoms with Crippen molar-refractivity contribution in [3.8, 4) is 17.2 Å². The number of halogens is 1. The van der Waals surface area contributed by atoms with E-state index in [2.05, 4.69) is 10.6 Å². The number of ether oxygens (including phenoxy) is 4. The molecule has 3 rings (SSSR count). The third-order valence-corrected chi connectivity index (χ3v) is 6.18. The summed E-state index contributed by atoms with van der Waals surface area (Å²) in [5, 5.41) is 15.0. The molecule has 0 bridgehead atoms. The minimum Gasteiger partial charge on any atom is -0.491 e. The molecule has 0 saturated heterocycles. The van der Waals surface area contributed by atoms with E-state index in [9.17, 15) is 23.9 Å². The quantitative estimate of drug-likeness (QED) is 0.148. The van der Waals surface area contributed by atoms with Gasteiger partial charge >= 0.3 is 5.97 Å². The Hall–Kier alpha value is -4.64. The zero-order valence-electron chi connectivity index (χ0n) is 27.4. The summed E-state index contributed by atoms with van der Waals surface area (Å²) in [6, 6.07) is 12.6. The molecule has 0 aliphatic carbocycles. The van der Waals surface area contributed by atoms with E-state index in [1.165, 1.54) is 48.5 Å². The van der Waals surface area contributed by atoms with Crippen molar-refractivity contribution in [3.05, 3.63) is 77.1 Å². The first-order chi connectivity index (χ1) is 21.6. The molecule has 11 heteroatoms. The second-order valence-corrected chi connectivity index (χ2v) is 12.5. The third-order valence-electron chi connectivity index (χ3n) is 6.18. The Kier molecular flexibility index (Phi) is 12.5. The SMILES string of the molecule is CC(C)COc1cc(C(=O)O)ccc1NC(=O)c1ccc(NC(=O)c2ccc(F)c(OCCOC(C)(C)C)c2)c(OCC(C)C)c1. The van der Waals surface area contributed by atoms with Crippen molar-refractivity contribution in [1.29, 1.82) is 0 Å². The minimum atomic E-state index is -1.12. The average molecular weight is 639 g/mol. The van der Waals surface area contributed by atoms with Crippen molar-refractivity contribution >= 4 is 29.2 Å². The van der Waals surface area contributed by atoms with E-state index in [0.717, 1.165) is 6.07 Å². The van der Waals surface area contributed by atoms with Gasteiger partial charge in [0.25, 0.3) is 11.8 Å². The van der Waals surface area contributed by atoms with Crippen LogP contribution < -0.4 is 24.8 Å². The molecule has 10 nitrogen and oxygen atoms in total. The smallest absolute Gasteiger partial charge is 0.335 e. The van der Waals surface area contributed by atoms with Crippen LogP contribution in [0, 0.1) is 17.7 Å². The van der Waals surface area contributed by atoms with Crippen molar-refractivity contribution in [2.45, 2.75) is 54.1 Å². The fourth-order valence-corrected chi connectivity index (χ4v) is 3.92. The summed E-state index contributed by atoms with van der Waals surface area (Å²) in [5.74, 6) is -2.05. The van der Waals surface area contributed by atoms with Gasteiger partial charge in [0.2, 0.25) is 0 Å². The van der Waals surface area contributed by atoms with Gasteiger partial charge in [0.15, 0.2) is 11.6 Å². The highest BCUT2D eigenvalue weighted by Gasteiger charge is 2.19. The molecule has 0 unspecified atom stereocenters. The molecule has 3 aromatic rings. The van der Waals surface area contributed by atoms with Crippen molar-refractivity contribution in [1.82, 2.24) is 0 Å². The molecular weight excluding hydrogens is 595 g/mol. The summed E-state index contributed by atoms with van der Waals surface area (Å²) in [7, 11) is 0. The maximum atomic E-state index is 14.4. The summed E-state index contributed by atoms with van der Waals surface area (Å²) < 4.78 is 37.3. The number of nitrogens with one attached hydrogen (secondary N) is 2. The van der Waals surface area contributed by atoms with Crippen LogP contribution in [0.5, 0.6) is 17.2 Å². The van der Waals surface area contributed by atoms with E-state index in [1.807, 2.05) is 48.5 Å². The Bertz CT molecular complexity index is 1530. The first-order valence-corrected chi connectivity index (χ1v) is 15.1. The zero-order valence-corrected chi connectivity index (χ0v) is 27.4. The largest absolute Gasteiger partial charge is 0.491 e. The van der Waals surface area contributed by atoms with Crippen LogP contribution in [0.1, 0.15) is 79.5 Å². The normalized spacial score (nSPS) is 11.3. The van der Waals surface area contributed by atoms with Crippen LogP contribution in [0.25, 0.3) is 0 Å². The Morgan fingerprint density at radius 2 is 1.15 bits per heavy atom. The molecule has 0 aromatic heterocycles. The highest BCUT2D eigenvalue weighted by atomic mass is 19.1. The summed E-state index contributed by atoms with van der Waals surface area (Å²) >= 11 is 0. The monoisotopic (exact) mass is 638 g/mol. The maximum absolute atomic E-state index is 14.4. The average Bonchev–Trinajstić information content (AvgIpc) is 2.98. The number of rotatable bonds is 15. The lowest BCUT2D eigenvalue weighted by Crippen LogP contribution is -2.22. The number of anilines is 2. The van der Waals surface area contributed by atoms with Gasteiger partial charge in [-0.3, -0.25) is 9.59 Å². The first-order valence-electron chi connectivity index (χ1n) is 15.1. The minimum absolute atomic E-state index is 0.0237. The van der Waals surface area contributed by atoms with Gasteiger partial charge in [-0.05, 0) is 87.2 Å². The van der Waals surface area contributed by atoms with Gasteiger partial charge in [-0.25, -0.2) is 9.18 Å². The van der Waals surface area contributed by atoms with Crippen LogP contribution in [-0.4, -0.2) is 54.9 Å². The Morgan fingerprint density at radius 1 is 0.696 bits per heavy atom. The summed E-state index contributed by atoms with van der Waals surface area (Å²) in [6.45, 7) is 14.5. The fourth-order valence-electron chi connectivity index (χ4n) is 3.92. The molecule has 0 aliphatic heterocycles. The molecule has 2 amide bonds. The number of aromatic carboxylic acids is 1. The first kappa shape index (κ1) is 35.8. The molecule has 3 N–H and O–H groups in total. The van der Waals surface area contributed by atoms with Crippen molar-refractivity contribution < 1.29 is 42.8 Å². The van der Waals surface area contributed by atoms with Crippen LogP contribution in [0.4, 0.5) is 15.8 Å². The fraction of sp³-hybridized carbons (Fsp3) is 0.400. The van der Waals surface area contributed by atoms with Crippen molar-refractivity contribution in [2.24, 2.45) is 11.8 Å². The van der Waals surface area contributed by atoms with Gasteiger partial charge in [-0.15, -0.1) is 0 Å². The number of amides is 2. The lowest BCUT2D eigenvalue weighted by Gasteiger charge is -2.19.